The first-order valence-electron chi connectivity index (χ1n) is 8.77. The van der Waals surface area contributed by atoms with E-state index in [1.54, 1.807) is 43.3 Å². The molecule has 0 unspecified atom stereocenters. The summed E-state index contributed by atoms with van der Waals surface area (Å²) in [7, 11) is -3.69. The molecule has 0 saturated heterocycles. The molecule has 3 aromatic rings. The van der Waals surface area contributed by atoms with Gasteiger partial charge >= 0.3 is 0 Å². The minimum absolute atomic E-state index is 0.123. The Bertz CT molecular complexity index is 1150. The summed E-state index contributed by atoms with van der Waals surface area (Å²) in [6.45, 7) is 1.93. The predicted octanol–water partition coefficient (Wildman–Crippen LogP) is 4.13. The Hall–Kier alpha value is -2.15. The number of fused-ring (bicyclic) bond motifs is 3. The van der Waals surface area contributed by atoms with Gasteiger partial charge in [0.25, 0.3) is 0 Å². The van der Waals surface area contributed by atoms with E-state index in [-0.39, 0.29) is 17.2 Å². The molecule has 0 aliphatic heterocycles. The van der Waals surface area contributed by atoms with Gasteiger partial charge in [-0.1, -0.05) is 23.7 Å². The number of halogens is 1. The molecule has 0 fully saturated rings. The fraction of sp³-hybridized carbons (Fsp3) is 0.250. The summed E-state index contributed by atoms with van der Waals surface area (Å²) < 4.78 is 28.3. The van der Waals surface area contributed by atoms with E-state index in [9.17, 15) is 13.2 Å². The molecule has 1 aliphatic carbocycles. The number of benzene rings is 2. The monoisotopic (exact) mass is 402 g/mol. The second-order valence-corrected chi connectivity index (χ2v) is 9.04. The molecule has 2 N–H and O–H groups in total. The van der Waals surface area contributed by atoms with Crippen molar-refractivity contribution in [2.75, 3.05) is 0 Å². The first-order chi connectivity index (χ1) is 12.8. The standard InChI is InChI=1S/C20H19ClN2O3S/c1-12-9-15-17(23-16-3-2-4-18(24)20(15)16)10-19(12)27(25,26)22-11-13-5-7-14(21)8-6-13/h5-10,22-23H,2-4,11H2,1H3. The van der Waals surface area contributed by atoms with E-state index in [4.69, 9.17) is 11.6 Å². The van der Waals surface area contributed by atoms with E-state index >= 15 is 0 Å². The molecule has 27 heavy (non-hydrogen) atoms. The maximum absolute atomic E-state index is 12.8. The lowest BCUT2D eigenvalue weighted by Gasteiger charge is -2.11. The van der Waals surface area contributed by atoms with Crippen molar-refractivity contribution in [2.45, 2.75) is 37.6 Å². The maximum Gasteiger partial charge on any atom is 0.241 e. The quantitative estimate of drug-likeness (QED) is 0.688. The van der Waals surface area contributed by atoms with Crippen molar-refractivity contribution >= 4 is 38.3 Å². The Kier molecular flexibility index (Phi) is 4.58. The van der Waals surface area contributed by atoms with Gasteiger partial charge < -0.3 is 4.98 Å². The molecule has 0 saturated carbocycles. The second-order valence-electron chi connectivity index (χ2n) is 6.87. The van der Waals surface area contributed by atoms with Gasteiger partial charge in [0.2, 0.25) is 10.0 Å². The van der Waals surface area contributed by atoms with Crippen LogP contribution in [0, 0.1) is 6.92 Å². The Morgan fingerprint density at radius 2 is 1.89 bits per heavy atom. The molecule has 140 valence electrons. The molecule has 7 heteroatoms. The molecule has 1 aliphatic rings. The lowest BCUT2D eigenvalue weighted by molar-refractivity contribution is 0.0974. The number of sulfonamides is 1. The van der Waals surface area contributed by atoms with Crippen LogP contribution in [0.4, 0.5) is 0 Å². The predicted molar refractivity (Wildman–Crippen MR) is 106 cm³/mol. The molecular formula is C20H19ClN2O3S. The number of hydrogen-bond acceptors (Lipinski definition) is 3. The molecular weight excluding hydrogens is 384 g/mol. The number of hydrogen-bond donors (Lipinski definition) is 2. The number of H-pyrrole nitrogens is 1. The van der Waals surface area contributed by atoms with Crippen molar-refractivity contribution in [3.05, 3.63) is 63.8 Å². The summed E-state index contributed by atoms with van der Waals surface area (Å²) in [5, 5.41) is 1.41. The average Bonchev–Trinajstić information content (AvgIpc) is 2.99. The Morgan fingerprint density at radius 1 is 1.15 bits per heavy atom. The van der Waals surface area contributed by atoms with Gasteiger partial charge in [0.15, 0.2) is 5.78 Å². The molecule has 0 spiro atoms. The number of aromatic nitrogens is 1. The number of Topliss-reactive ketones (excluding diaryl/α,β-unsaturated/α-hetero) is 1. The molecule has 1 aromatic heterocycles. The zero-order valence-electron chi connectivity index (χ0n) is 14.8. The topological polar surface area (TPSA) is 79.0 Å². The summed E-state index contributed by atoms with van der Waals surface area (Å²) in [5.74, 6) is 0.123. The largest absolute Gasteiger partial charge is 0.358 e. The van der Waals surface area contributed by atoms with Crippen LogP contribution < -0.4 is 4.72 Å². The van der Waals surface area contributed by atoms with E-state index in [1.165, 1.54) is 0 Å². The second kappa shape index (κ2) is 6.78. The number of carbonyl (C=O) groups excluding carboxylic acids is 1. The normalized spacial score (nSPS) is 14.5. The van der Waals surface area contributed by atoms with E-state index in [2.05, 4.69) is 9.71 Å². The van der Waals surface area contributed by atoms with E-state index in [0.29, 0.717) is 22.5 Å². The summed E-state index contributed by atoms with van der Waals surface area (Å²) in [6, 6.07) is 10.4. The zero-order valence-corrected chi connectivity index (χ0v) is 16.4. The van der Waals surface area contributed by atoms with Crippen LogP contribution in [0.15, 0.2) is 41.3 Å². The van der Waals surface area contributed by atoms with Gasteiger partial charge in [-0.05, 0) is 55.2 Å². The van der Waals surface area contributed by atoms with Gasteiger partial charge in [0, 0.05) is 40.1 Å². The van der Waals surface area contributed by atoms with Crippen LogP contribution in [0.25, 0.3) is 10.9 Å². The molecule has 0 atom stereocenters. The first-order valence-corrected chi connectivity index (χ1v) is 10.6. The van der Waals surface area contributed by atoms with Crippen molar-refractivity contribution in [3.63, 3.8) is 0 Å². The third-order valence-electron chi connectivity index (χ3n) is 4.95. The zero-order chi connectivity index (χ0) is 19.2. The fourth-order valence-corrected chi connectivity index (χ4v) is 4.98. The SMILES string of the molecule is Cc1cc2c3c([nH]c2cc1S(=O)(=O)NCc1ccc(Cl)cc1)CCCC3=O. The summed E-state index contributed by atoms with van der Waals surface area (Å²) >= 11 is 5.86. The Labute approximate surface area is 162 Å². The van der Waals surface area contributed by atoms with Crippen molar-refractivity contribution in [1.82, 2.24) is 9.71 Å². The number of carbonyl (C=O) groups is 1. The van der Waals surface area contributed by atoms with Crippen LogP contribution in [0.1, 0.15) is 40.0 Å². The van der Waals surface area contributed by atoms with Crippen molar-refractivity contribution in [1.29, 1.82) is 0 Å². The third-order valence-corrected chi connectivity index (χ3v) is 6.75. The average molecular weight is 403 g/mol. The molecule has 5 nitrogen and oxygen atoms in total. The van der Waals surface area contributed by atoms with Gasteiger partial charge in [-0.2, -0.15) is 0 Å². The number of aryl methyl sites for hydroxylation is 2. The molecule has 0 radical (unpaired) electrons. The van der Waals surface area contributed by atoms with Crippen LogP contribution in [0.2, 0.25) is 5.02 Å². The fourth-order valence-electron chi connectivity index (χ4n) is 3.59. The molecule has 0 bridgehead atoms. The number of ketones is 1. The van der Waals surface area contributed by atoms with Gasteiger partial charge in [-0.3, -0.25) is 4.79 Å². The lowest BCUT2D eigenvalue weighted by atomic mass is 9.94. The van der Waals surface area contributed by atoms with Crippen molar-refractivity contribution in [2.24, 2.45) is 0 Å². The third kappa shape index (κ3) is 3.40. The molecule has 0 amide bonds. The smallest absolute Gasteiger partial charge is 0.241 e. The minimum atomic E-state index is -3.69. The highest BCUT2D eigenvalue weighted by Crippen LogP contribution is 2.32. The van der Waals surface area contributed by atoms with E-state index in [1.807, 2.05) is 0 Å². The molecule has 4 rings (SSSR count). The van der Waals surface area contributed by atoms with Crippen LogP contribution in [0.3, 0.4) is 0 Å². The van der Waals surface area contributed by atoms with Gasteiger partial charge in [0.1, 0.15) is 0 Å². The van der Waals surface area contributed by atoms with E-state index in [0.717, 1.165) is 35.0 Å². The van der Waals surface area contributed by atoms with Gasteiger partial charge in [-0.15, -0.1) is 0 Å². The highest BCUT2D eigenvalue weighted by molar-refractivity contribution is 7.89. The molecule has 1 heterocycles. The Balaban J connectivity index is 1.69. The minimum Gasteiger partial charge on any atom is -0.358 e. The highest BCUT2D eigenvalue weighted by atomic mass is 35.5. The van der Waals surface area contributed by atoms with Crippen LogP contribution in [0.5, 0.6) is 0 Å². The van der Waals surface area contributed by atoms with Crippen molar-refractivity contribution in [3.8, 4) is 0 Å². The van der Waals surface area contributed by atoms with Crippen LogP contribution in [-0.4, -0.2) is 19.2 Å². The molecule has 2 aromatic carbocycles. The van der Waals surface area contributed by atoms with Crippen LogP contribution >= 0.6 is 11.6 Å². The van der Waals surface area contributed by atoms with Gasteiger partial charge in [-0.25, -0.2) is 13.1 Å². The lowest BCUT2D eigenvalue weighted by Crippen LogP contribution is -2.24. The number of rotatable bonds is 4. The summed E-state index contributed by atoms with van der Waals surface area (Å²) in [4.78, 5) is 15.7. The first kappa shape index (κ1) is 18.2. The number of aromatic amines is 1. The number of nitrogens with one attached hydrogen (secondary N) is 2. The Morgan fingerprint density at radius 3 is 2.63 bits per heavy atom. The van der Waals surface area contributed by atoms with E-state index < -0.39 is 10.0 Å². The highest BCUT2D eigenvalue weighted by Gasteiger charge is 2.25. The summed E-state index contributed by atoms with van der Waals surface area (Å²) in [6.07, 6.45) is 2.18. The van der Waals surface area contributed by atoms with Crippen molar-refractivity contribution < 1.29 is 13.2 Å². The van der Waals surface area contributed by atoms with Crippen LogP contribution in [-0.2, 0) is 23.0 Å². The summed E-state index contributed by atoms with van der Waals surface area (Å²) in [5.41, 5.74) is 3.75. The van der Waals surface area contributed by atoms with Gasteiger partial charge in [0.05, 0.1) is 4.90 Å². The maximum atomic E-state index is 12.8.